The van der Waals surface area contributed by atoms with E-state index in [1.807, 2.05) is 32.3 Å². The average Bonchev–Trinajstić information content (AvgIpc) is 2.85. The Balaban J connectivity index is 1.36. The van der Waals surface area contributed by atoms with Crippen LogP contribution in [0, 0.1) is 0 Å². The van der Waals surface area contributed by atoms with Gasteiger partial charge in [-0.25, -0.2) is 9.97 Å². The number of rotatable bonds is 6. The van der Waals surface area contributed by atoms with Crippen LogP contribution < -0.4 is 10.2 Å². The molecule has 2 aromatic carbocycles. The van der Waals surface area contributed by atoms with Crippen LogP contribution in [0.25, 0.3) is 0 Å². The first-order valence-corrected chi connectivity index (χ1v) is 11.4. The third kappa shape index (κ3) is 5.70. The first kappa shape index (κ1) is 23.2. The fraction of sp³-hybridized carbons (Fsp3) is 0.308. The van der Waals surface area contributed by atoms with Crippen molar-refractivity contribution in [1.82, 2.24) is 19.8 Å². The van der Waals surface area contributed by atoms with Gasteiger partial charge in [-0.1, -0.05) is 12.1 Å². The summed E-state index contributed by atoms with van der Waals surface area (Å²) in [5, 5.41) is 3.22. The van der Waals surface area contributed by atoms with E-state index in [-0.39, 0.29) is 11.8 Å². The molecule has 0 radical (unpaired) electrons. The summed E-state index contributed by atoms with van der Waals surface area (Å²) in [5.41, 5.74) is 4.70. The maximum absolute atomic E-state index is 12.8. The van der Waals surface area contributed by atoms with Crippen molar-refractivity contribution in [2.75, 3.05) is 50.5 Å². The molecule has 0 unspecified atom stereocenters. The van der Waals surface area contributed by atoms with Crippen LogP contribution in [0.15, 0.2) is 60.8 Å². The summed E-state index contributed by atoms with van der Waals surface area (Å²) >= 11 is 0. The third-order valence-corrected chi connectivity index (χ3v) is 5.95. The van der Waals surface area contributed by atoms with Gasteiger partial charge < -0.3 is 20.0 Å². The number of hydrogen-bond donors (Lipinski definition) is 1. The topological polar surface area (TPSA) is 81.7 Å². The molecule has 176 valence electrons. The molecule has 1 saturated heterocycles. The van der Waals surface area contributed by atoms with Gasteiger partial charge in [-0.15, -0.1) is 0 Å². The molecular weight excluding hydrogens is 428 g/mol. The summed E-state index contributed by atoms with van der Waals surface area (Å²) in [5.74, 6) is 0.547. The van der Waals surface area contributed by atoms with Crippen LogP contribution in [0.3, 0.4) is 0 Å². The molecule has 0 atom stereocenters. The number of anilines is 3. The van der Waals surface area contributed by atoms with E-state index >= 15 is 0 Å². The van der Waals surface area contributed by atoms with Gasteiger partial charge in [0.05, 0.1) is 5.69 Å². The first-order valence-electron chi connectivity index (χ1n) is 11.4. The Kier molecular flexibility index (Phi) is 7.06. The van der Waals surface area contributed by atoms with Crippen LogP contribution in [0.1, 0.15) is 28.5 Å². The van der Waals surface area contributed by atoms with E-state index in [4.69, 9.17) is 0 Å². The van der Waals surface area contributed by atoms with Gasteiger partial charge in [0.25, 0.3) is 5.91 Å². The highest BCUT2D eigenvalue weighted by Crippen LogP contribution is 2.18. The zero-order chi connectivity index (χ0) is 24.1. The number of piperazine rings is 1. The van der Waals surface area contributed by atoms with E-state index < -0.39 is 0 Å². The van der Waals surface area contributed by atoms with Gasteiger partial charge in [0.2, 0.25) is 11.9 Å². The Morgan fingerprint density at radius 1 is 0.912 bits per heavy atom. The van der Waals surface area contributed by atoms with E-state index in [0.29, 0.717) is 37.7 Å². The Hall–Kier alpha value is -3.94. The summed E-state index contributed by atoms with van der Waals surface area (Å²) < 4.78 is 0. The number of amides is 2. The van der Waals surface area contributed by atoms with Crippen LogP contribution in [0.4, 0.5) is 17.3 Å². The van der Waals surface area contributed by atoms with Crippen molar-refractivity contribution >= 4 is 29.1 Å². The maximum Gasteiger partial charge on any atom is 0.253 e. The molecule has 1 aliphatic heterocycles. The van der Waals surface area contributed by atoms with Gasteiger partial charge in [-0.05, 0) is 48.0 Å². The summed E-state index contributed by atoms with van der Waals surface area (Å²) in [4.78, 5) is 38.9. The van der Waals surface area contributed by atoms with Gasteiger partial charge in [0.15, 0.2) is 0 Å². The lowest BCUT2D eigenvalue weighted by atomic mass is 10.1. The number of carbonyl (C=O) groups excluding carboxylic acids is 2. The van der Waals surface area contributed by atoms with Crippen molar-refractivity contribution in [2.24, 2.45) is 0 Å². The highest BCUT2D eigenvalue weighted by molar-refractivity contribution is 5.94. The van der Waals surface area contributed by atoms with Gasteiger partial charge in [-0.2, -0.15) is 0 Å². The zero-order valence-electron chi connectivity index (χ0n) is 19.9. The molecule has 0 spiro atoms. The van der Waals surface area contributed by atoms with E-state index in [1.54, 1.807) is 35.1 Å². The molecule has 8 heteroatoms. The molecule has 3 aromatic rings. The monoisotopic (exact) mass is 458 g/mol. The van der Waals surface area contributed by atoms with Crippen molar-refractivity contribution in [2.45, 2.75) is 13.3 Å². The Bertz CT molecular complexity index is 1140. The quantitative estimate of drug-likeness (QED) is 0.611. The minimum atomic E-state index is -0.0201. The van der Waals surface area contributed by atoms with E-state index in [1.165, 1.54) is 5.56 Å². The average molecular weight is 459 g/mol. The summed E-state index contributed by atoms with van der Waals surface area (Å²) in [6.07, 6.45) is 2.46. The van der Waals surface area contributed by atoms with Crippen molar-refractivity contribution in [1.29, 1.82) is 0 Å². The number of nitrogens with zero attached hydrogens (tertiary/aromatic N) is 5. The Morgan fingerprint density at radius 3 is 2.18 bits per heavy atom. The molecule has 1 aromatic heterocycles. The molecule has 1 fully saturated rings. The second-order valence-electron chi connectivity index (χ2n) is 8.61. The Morgan fingerprint density at radius 2 is 1.56 bits per heavy atom. The highest BCUT2D eigenvalue weighted by Gasteiger charge is 2.23. The molecular formula is C26H30N6O2. The lowest BCUT2D eigenvalue weighted by Crippen LogP contribution is -2.50. The molecule has 34 heavy (non-hydrogen) atoms. The number of carbonyl (C=O) groups is 2. The maximum atomic E-state index is 12.8. The molecule has 0 aliphatic carbocycles. The van der Waals surface area contributed by atoms with Crippen LogP contribution in [0.5, 0.6) is 0 Å². The van der Waals surface area contributed by atoms with Crippen LogP contribution in [0.2, 0.25) is 0 Å². The smallest absolute Gasteiger partial charge is 0.253 e. The molecule has 8 nitrogen and oxygen atoms in total. The molecule has 0 bridgehead atoms. The number of hydrogen-bond acceptors (Lipinski definition) is 6. The minimum absolute atomic E-state index is 0.0201. The lowest BCUT2D eigenvalue weighted by Gasteiger charge is -2.34. The Labute approximate surface area is 200 Å². The number of aromatic nitrogens is 2. The van der Waals surface area contributed by atoms with Crippen molar-refractivity contribution in [3.05, 3.63) is 77.6 Å². The van der Waals surface area contributed by atoms with Gasteiger partial charge in [0, 0.05) is 76.8 Å². The summed E-state index contributed by atoms with van der Waals surface area (Å²) in [6, 6.07) is 17.7. The molecule has 0 saturated carbocycles. The van der Waals surface area contributed by atoms with E-state index in [9.17, 15) is 9.59 Å². The number of benzene rings is 2. The second-order valence-corrected chi connectivity index (χ2v) is 8.61. The number of nitrogens with one attached hydrogen (secondary N) is 1. The summed E-state index contributed by atoms with van der Waals surface area (Å²) in [7, 11) is 4.05. The fourth-order valence-corrected chi connectivity index (χ4v) is 3.91. The molecule has 1 N–H and O–H groups in total. The fourth-order valence-electron chi connectivity index (χ4n) is 3.91. The summed E-state index contributed by atoms with van der Waals surface area (Å²) in [6.45, 7) is 3.82. The van der Waals surface area contributed by atoms with Crippen molar-refractivity contribution < 1.29 is 9.59 Å². The van der Waals surface area contributed by atoms with Crippen LogP contribution >= 0.6 is 0 Å². The van der Waals surface area contributed by atoms with Gasteiger partial charge in [0.1, 0.15) is 0 Å². The SMILES string of the molecule is CC(=O)N1CCN(C(=O)c2ccc(Nc3nccc(Cc4ccc(N(C)C)cc4)n3)cc2)CC1. The van der Waals surface area contributed by atoms with Crippen molar-refractivity contribution in [3.63, 3.8) is 0 Å². The highest BCUT2D eigenvalue weighted by atomic mass is 16.2. The van der Waals surface area contributed by atoms with E-state index in [0.717, 1.165) is 23.5 Å². The van der Waals surface area contributed by atoms with Crippen LogP contribution in [-0.2, 0) is 11.2 Å². The molecule has 1 aliphatic rings. The zero-order valence-corrected chi connectivity index (χ0v) is 19.9. The van der Waals surface area contributed by atoms with Gasteiger partial charge in [-0.3, -0.25) is 9.59 Å². The largest absolute Gasteiger partial charge is 0.378 e. The van der Waals surface area contributed by atoms with Gasteiger partial charge >= 0.3 is 0 Å². The third-order valence-electron chi connectivity index (χ3n) is 5.95. The first-order chi connectivity index (χ1) is 16.4. The molecule has 2 amide bonds. The lowest BCUT2D eigenvalue weighted by molar-refractivity contribution is -0.130. The molecule has 4 rings (SSSR count). The predicted octanol–water partition coefficient (Wildman–Crippen LogP) is 3.18. The molecule has 2 heterocycles. The van der Waals surface area contributed by atoms with Crippen LogP contribution in [-0.4, -0.2) is 71.9 Å². The van der Waals surface area contributed by atoms with Crippen molar-refractivity contribution in [3.8, 4) is 0 Å². The second kappa shape index (κ2) is 10.3. The normalized spacial score (nSPS) is 13.5. The minimum Gasteiger partial charge on any atom is -0.378 e. The predicted molar refractivity (Wildman–Crippen MR) is 133 cm³/mol. The standard InChI is InChI=1S/C26H30N6O2/c1-19(33)31-14-16-32(17-15-31)25(34)21-6-8-22(9-7-21)28-26-27-13-12-23(29-26)18-20-4-10-24(11-5-20)30(2)3/h4-13H,14-18H2,1-3H3,(H,27,28,29). The van der Waals surface area contributed by atoms with E-state index in [2.05, 4.69) is 44.5 Å².